The van der Waals surface area contributed by atoms with E-state index in [4.69, 9.17) is 27.9 Å². The van der Waals surface area contributed by atoms with Crippen LogP contribution in [0.2, 0.25) is 5.15 Å². The van der Waals surface area contributed by atoms with Crippen LogP contribution in [0.1, 0.15) is 16.0 Å². The third-order valence-corrected chi connectivity index (χ3v) is 4.29. The summed E-state index contributed by atoms with van der Waals surface area (Å²) in [6.45, 7) is 4.06. The second kappa shape index (κ2) is 5.25. The van der Waals surface area contributed by atoms with Crippen LogP contribution in [0.25, 0.3) is 0 Å². The van der Waals surface area contributed by atoms with E-state index in [0.717, 1.165) is 16.2 Å². The molecule has 90 valence electrons. The van der Waals surface area contributed by atoms with Crippen LogP contribution in [0.15, 0.2) is 18.2 Å². The van der Waals surface area contributed by atoms with Crippen molar-refractivity contribution >= 4 is 34.5 Å². The summed E-state index contributed by atoms with van der Waals surface area (Å²) in [6.07, 6.45) is 0. The van der Waals surface area contributed by atoms with Crippen molar-refractivity contribution in [2.45, 2.75) is 19.7 Å². The largest absolute Gasteiger partial charge is 0.431 e. The van der Waals surface area contributed by atoms with Crippen LogP contribution in [0.5, 0.6) is 10.9 Å². The van der Waals surface area contributed by atoms with Crippen molar-refractivity contribution < 1.29 is 4.74 Å². The summed E-state index contributed by atoms with van der Waals surface area (Å²) in [7, 11) is 0. The van der Waals surface area contributed by atoms with Gasteiger partial charge in [-0.25, -0.2) is 0 Å². The first-order valence-electron chi connectivity index (χ1n) is 5.07. The zero-order valence-corrected chi connectivity index (χ0v) is 11.8. The molecular weight excluding hydrogens is 277 g/mol. The van der Waals surface area contributed by atoms with E-state index in [1.54, 1.807) is 0 Å². The molecule has 0 bridgehead atoms. The lowest BCUT2D eigenvalue weighted by molar-refractivity contribution is 0.474. The Balaban J connectivity index is 2.28. The molecule has 0 fully saturated rings. The molecule has 0 spiro atoms. The quantitative estimate of drug-likeness (QED) is 0.746. The standard InChI is InChI=1S/C12H11Cl2NOS/c1-7-4-3-5-9(8(7)2)16-12-15-11(14)10(6-13)17-12/h3-5H,6H2,1-2H3. The fraction of sp³-hybridized carbons (Fsp3) is 0.250. The molecule has 2 nitrogen and oxygen atoms in total. The molecule has 5 heteroatoms. The third-order valence-electron chi connectivity index (χ3n) is 2.50. The minimum absolute atomic E-state index is 0.354. The van der Waals surface area contributed by atoms with Crippen LogP contribution in [0, 0.1) is 13.8 Å². The van der Waals surface area contributed by atoms with Crippen molar-refractivity contribution in [3.05, 3.63) is 39.4 Å². The topological polar surface area (TPSA) is 22.1 Å². The highest BCUT2D eigenvalue weighted by molar-refractivity contribution is 7.14. The van der Waals surface area contributed by atoms with Crippen LogP contribution in [0.3, 0.4) is 0 Å². The number of hydrogen-bond donors (Lipinski definition) is 0. The maximum atomic E-state index is 5.92. The molecule has 0 saturated carbocycles. The van der Waals surface area contributed by atoms with E-state index in [2.05, 4.69) is 4.98 Å². The van der Waals surface area contributed by atoms with E-state index in [1.807, 2.05) is 32.0 Å². The van der Waals surface area contributed by atoms with Gasteiger partial charge in [-0.1, -0.05) is 35.1 Å². The molecule has 1 aromatic heterocycles. The maximum Gasteiger partial charge on any atom is 0.280 e. The number of hydrogen-bond acceptors (Lipinski definition) is 3. The Kier molecular flexibility index (Phi) is 3.92. The van der Waals surface area contributed by atoms with Crippen molar-refractivity contribution in [1.82, 2.24) is 4.98 Å². The van der Waals surface area contributed by atoms with Gasteiger partial charge in [0, 0.05) is 0 Å². The fourth-order valence-electron chi connectivity index (χ4n) is 1.37. The average Bonchev–Trinajstić information content (AvgIpc) is 2.65. The third kappa shape index (κ3) is 2.73. The minimum atomic E-state index is 0.354. The summed E-state index contributed by atoms with van der Waals surface area (Å²) in [6, 6.07) is 5.91. The molecule has 1 heterocycles. The number of thiazole rings is 1. The molecule has 0 atom stereocenters. The highest BCUT2D eigenvalue weighted by atomic mass is 35.5. The van der Waals surface area contributed by atoms with Crippen LogP contribution in [0.4, 0.5) is 0 Å². The molecule has 0 aliphatic carbocycles. The smallest absolute Gasteiger partial charge is 0.280 e. The number of aromatic nitrogens is 1. The second-order valence-electron chi connectivity index (χ2n) is 3.63. The lowest BCUT2D eigenvalue weighted by Gasteiger charge is -2.07. The number of nitrogens with zero attached hydrogens (tertiary/aromatic N) is 1. The van der Waals surface area contributed by atoms with Crippen molar-refractivity contribution in [3.8, 4) is 10.9 Å². The number of rotatable bonds is 3. The van der Waals surface area contributed by atoms with E-state index in [-0.39, 0.29) is 0 Å². The molecule has 0 aliphatic heterocycles. The molecule has 0 radical (unpaired) electrons. The Bertz CT molecular complexity index is 539. The Morgan fingerprint density at radius 2 is 2.12 bits per heavy atom. The minimum Gasteiger partial charge on any atom is -0.431 e. The molecule has 0 unspecified atom stereocenters. The molecule has 2 rings (SSSR count). The van der Waals surface area contributed by atoms with Crippen molar-refractivity contribution in [1.29, 1.82) is 0 Å². The number of benzene rings is 1. The van der Waals surface area contributed by atoms with Gasteiger partial charge in [0.1, 0.15) is 10.9 Å². The molecular formula is C12H11Cl2NOS. The predicted molar refractivity (Wildman–Crippen MR) is 72.7 cm³/mol. The average molecular weight is 288 g/mol. The predicted octanol–water partition coefficient (Wildman–Crippen LogP) is 4.94. The van der Waals surface area contributed by atoms with Gasteiger partial charge in [-0.05, 0) is 31.0 Å². The fourth-order valence-corrected chi connectivity index (χ4v) is 2.70. The van der Waals surface area contributed by atoms with Crippen LogP contribution < -0.4 is 4.74 Å². The lowest BCUT2D eigenvalue weighted by Crippen LogP contribution is -1.88. The monoisotopic (exact) mass is 287 g/mol. The SMILES string of the molecule is Cc1cccc(Oc2nc(Cl)c(CCl)s2)c1C. The van der Waals surface area contributed by atoms with Gasteiger partial charge in [-0.15, -0.1) is 11.6 Å². The van der Waals surface area contributed by atoms with Crippen molar-refractivity contribution in [2.75, 3.05) is 0 Å². The van der Waals surface area contributed by atoms with Crippen molar-refractivity contribution in [3.63, 3.8) is 0 Å². The van der Waals surface area contributed by atoms with E-state index in [0.29, 0.717) is 16.2 Å². The number of ether oxygens (including phenoxy) is 1. The van der Waals surface area contributed by atoms with Gasteiger partial charge in [0.2, 0.25) is 0 Å². The summed E-state index contributed by atoms with van der Waals surface area (Å²) < 4.78 is 5.72. The summed E-state index contributed by atoms with van der Waals surface area (Å²) in [5, 5.41) is 0.949. The molecule has 17 heavy (non-hydrogen) atoms. The lowest BCUT2D eigenvalue weighted by atomic mass is 10.1. The molecule has 0 N–H and O–H groups in total. The molecule has 0 saturated heterocycles. The number of alkyl halides is 1. The molecule has 2 aromatic rings. The van der Waals surface area contributed by atoms with Gasteiger partial charge < -0.3 is 4.74 Å². The molecule has 1 aromatic carbocycles. The molecule has 0 aliphatic rings. The van der Waals surface area contributed by atoms with Gasteiger partial charge in [0.15, 0.2) is 0 Å². The van der Waals surface area contributed by atoms with Gasteiger partial charge >= 0.3 is 0 Å². The molecule has 0 amide bonds. The van der Waals surface area contributed by atoms with Crippen LogP contribution in [-0.4, -0.2) is 4.98 Å². The van der Waals surface area contributed by atoms with Gasteiger partial charge in [0.25, 0.3) is 5.19 Å². The van der Waals surface area contributed by atoms with E-state index < -0.39 is 0 Å². The number of aryl methyl sites for hydroxylation is 1. The number of halogens is 2. The van der Waals surface area contributed by atoms with E-state index >= 15 is 0 Å². The van der Waals surface area contributed by atoms with Gasteiger partial charge in [-0.2, -0.15) is 4.98 Å². The van der Waals surface area contributed by atoms with E-state index in [1.165, 1.54) is 16.9 Å². The maximum absolute atomic E-state index is 5.92. The van der Waals surface area contributed by atoms with Crippen LogP contribution in [-0.2, 0) is 5.88 Å². The Morgan fingerprint density at radius 1 is 1.35 bits per heavy atom. The van der Waals surface area contributed by atoms with Crippen molar-refractivity contribution in [2.24, 2.45) is 0 Å². The first-order chi connectivity index (χ1) is 8.11. The Labute approximate surface area is 114 Å². The Morgan fingerprint density at radius 3 is 2.76 bits per heavy atom. The Hall–Kier alpha value is -0.770. The first kappa shape index (κ1) is 12.7. The summed E-state index contributed by atoms with van der Waals surface area (Å²) >= 11 is 13.0. The van der Waals surface area contributed by atoms with Gasteiger partial charge in [0.05, 0.1) is 10.8 Å². The second-order valence-corrected chi connectivity index (χ2v) is 5.30. The van der Waals surface area contributed by atoms with Gasteiger partial charge in [-0.3, -0.25) is 0 Å². The highest BCUT2D eigenvalue weighted by Gasteiger charge is 2.11. The normalized spacial score (nSPS) is 10.6. The van der Waals surface area contributed by atoms with Crippen LogP contribution >= 0.6 is 34.5 Å². The summed E-state index contributed by atoms with van der Waals surface area (Å²) in [5.74, 6) is 1.16. The zero-order valence-electron chi connectivity index (χ0n) is 9.46. The highest BCUT2D eigenvalue weighted by Crippen LogP contribution is 2.34. The summed E-state index contributed by atoms with van der Waals surface area (Å²) in [4.78, 5) is 4.95. The summed E-state index contributed by atoms with van der Waals surface area (Å²) in [5.41, 5.74) is 2.29. The van der Waals surface area contributed by atoms with E-state index in [9.17, 15) is 0 Å². The zero-order chi connectivity index (χ0) is 12.4. The first-order valence-corrected chi connectivity index (χ1v) is 6.80.